The first-order chi connectivity index (χ1) is 13.7. The van der Waals surface area contributed by atoms with Crippen LogP contribution in [0.4, 0.5) is 5.69 Å². The number of para-hydroxylation sites is 3. The van der Waals surface area contributed by atoms with Gasteiger partial charge < -0.3 is 19.5 Å². The summed E-state index contributed by atoms with van der Waals surface area (Å²) in [6, 6.07) is 15.1. The van der Waals surface area contributed by atoms with Crippen molar-refractivity contribution in [1.29, 1.82) is 0 Å². The van der Waals surface area contributed by atoms with E-state index in [0.29, 0.717) is 22.6 Å². The minimum atomic E-state index is -0.429. The molecule has 7 nitrogen and oxygen atoms in total. The van der Waals surface area contributed by atoms with Gasteiger partial charge in [0.1, 0.15) is 5.75 Å². The van der Waals surface area contributed by atoms with Crippen LogP contribution in [0.5, 0.6) is 5.75 Å². The first-order valence-corrected chi connectivity index (χ1v) is 9.54. The molecule has 1 amide bonds. The third-order valence-corrected chi connectivity index (χ3v) is 5.17. The highest BCUT2D eigenvalue weighted by Gasteiger charge is 2.20. The Morgan fingerprint density at radius 1 is 1.18 bits per heavy atom. The molecule has 2 heterocycles. The second-order valence-electron chi connectivity index (χ2n) is 6.07. The Kier molecular flexibility index (Phi) is 5.03. The monoisotopic (exact) mass is 394 g/mol. The van der Waals surface area contributed by atoms with Gasteiger partial charge in [-0.15, -0.1) is 10.2 Å². The molecule has 0 aliphatic carbocycles. The van der Waals surface area contributed by atoms with Crippen LogP contribution in [-0.2, 0) is 4.79 Å². The number of hydrogen-bond donors (Lipinski definition) is 2. The molecule has 0 bridgehead atoms. The zero-order chi connectivity index (χ0) is 19.5. The fourth-order valence-corrected chi connectivity index (χ4v) is 3.49. The number of carbonyl (C=O) groups excluding carboxylic acids is 1. The number of rotatable bonds is 6. The van der Waals surface area contributed by atoms with Crippen molar-refractivity contribution >= 4 is 34.3 Å². The molecular weight excluding hydrogens is 376 g/mol. The van der Waals surface area contributed by atoms with E-state index < -0.39 is 5.25 Å². The Bertz CT molecular complexity index is 1120. The third-order valence-electron chi connectivity index (χ3n) is 4.24. The van der Waals surface area contributed by atoms with Crippen LogP contribution < -0.4 is 10.1 Å². The molecule has 0 unspecified atom stereocenters. The van der Waals surface area contributed by atoms with E-state index in [1.165, 1.54) is 11.8 Å². The molecule has 2 N–H and O–H groups in total. The summed E-state index contributed by atoms with van der Waals surface area (Å²) < 4.78 is 11.0. The molecule has 0 fully saturated rings. The van der Waals surface area contributed by atoms with Gasteiger partial charge in [0.2, 0.25) is 5.91 Å². The van der Waals surface area contributed by atoms with Gasteiger partial charge in [-0.05, 0) is 25.1 Å². The predicted molar refractivity (Wildman–Crippen MR) is 109 cm³/mol. The van der Waals surface area contributed by atoms with Crippen molar-refractivity contribution in [2.45, 2.75) is 17.4 Å². The molecule has 4 rings (SSSR count). The van der Waals surface area contributed by atoms with Gasteiger partial charge in [-0.2, -0.15) is 0 Å². The Hall–Kier alpha value is -3.26. The Morgan fingerprint density at radius 3 is 2.82 bits per heavy atom. The summed E-state index contributed by atoms with van der Waals surface area (Å²) in [5, 5.41) is 12.0. The van der Waals surface area contributed by atoms with Gasteiger partial charge in [0.25, 0.3) is 11.1 Å². The number of fused-ring (bicyclic) bond motifs is 1. The number of H-pyrrole nitrogens is 1. The molecule has 4 aromatic rings. The van der Waals surface area contributed by atoms with Crippen molar-refractivity contribution in [3.8, 4) is 17.2 Å². The number of aromatic amines is 1. The van der Waals surface area contributed by atoms with E-state index in [1.807, 2.05) is 42.6 Å². The summed E-state index contributed by atoms with van der Waals surface area (Å²) >= 11 is 1.20. The molecule has 0 aliphatic rings. The zero-order valence-electron chi connectivity index (χ0n) is 15.3. The molecule has 2 aromatic heterocycles. The predicted octanol–water partition coefficient (Wildman–Crippen LogP) is 4.35. The highest BCUT2D eigenvalue weighted by atomic mass is 32.2. The van der Waals surface area contributed by atoms with Crippen LogP contribution in [0.1, 0.15) is 6.92 Å². The number of ether oxygens (including phenoxy) is 1. The number of benzene rings is 2. The average molecular weight is 394 g/mol. The standard InChI is InChI=1S/C20H18N4O3S/c1-12(18(25)22-16-9-5-6-10-17(16)26-2)28-20-24-23-19(27-20)14-11-21-15-8-4-3-7-13(14)15/h3-12,21H,1-2H3,(H,22,25)/t12-/m1/s1. The Morgan fingerprint density at radius 2 is 1.96 bits per heavy atom. The number of thioether (sulfide) groups is 1. The second-order valence-corrected chi connectivity index (χ2v) is 7.36. The van der Waals surface area contributed by atoms with E-state index in [-0.39, 0.29) is 5.91 Å². The van der Waals surface area contributed by atoms with Gasteiger partial charge in [-0.3, -0.25) is 4.79 Å². The molecule has 142 valence electrons. The topological polar surface area (TPSA) is 93.0 Å². The molecule has 2 aromatic carbocycles. The molecule has 0 spiro atoms. The van der Waals surface area contributed by atoms with E-state index in [4.69, 9.17) is 9.15 Å². The summed E-state index contributed by atoms with van der Waals surface area (Å²) in [7, 11) is 1.56. The van der Waals surface area contributed by atoms with Crippen LogP contribution in [-0.4, -0.2) is 33.4 Å². The first-order valence-electron chi connectivity index (χ1n) is 8.66. The minimum Gasteiger partial charge on any atom is -0.495 e. The second kappa shape index (κ2) is 7.77. The fourth-order valence-electron chi connectivity index (χ4n) is 2.80. The van der Waals surface area contributed by atoms with Crippen molar-refractivity contribution in [2.75, 3.05) is 12.4 Å². The zero-order valence-corrected chi connectivity index (χ0v) is 16.1. The van der Waals surface area contributed by atoms with E-state index in [1.54, 1.807) is 26.2 Å². The van der Waals surface area contributed by atoms with Gasteiger partial charge in [-0.1, -0.05) is 42.1 Å². The van der Waals surface area contributed by atoms with Crippen molar-refractivity contribution in [3.63, 3.8) is 0 Å². The van der Waals surface area contributed by atoms with Crippen LogP contribution in [0.2, 0.25) is 0 Å². The maximum atomic E-state index is 12.5. The van der Waals surface area contributed by atoms with Crippen molar-refractivity contribution < 1.29 is 13.9 Å². The smallest absolute Gasteiger partial charge is 0.277 e. The maximum Gasteiger partial charge on any atom is 0.277 e. The molecular formula is C20H18N4O3S. The average Bonchev–Trinajstić information content (AvgIpc) is 3.35. The van der Waals surface area contributed by atoms with E-state index >= 15 is 0 Å². The lowest BCUT2D eigenvalue weighted by Gasteiger charge is -2.12. The summed E-state index contributed by atoms with van der Waals surface area (Å²) in [5.41, 5.74) is 2.45. The number of carbonyl (C=O) groups is 1. The summed E-state index contributed by atoms with van der Waals surface area (Å²) in [6.45, 7) is 1.78. The van der Waals surface area contributed by atoms with Crippen LogP contribution >= 0.6 is 11.8 Å². The number of aromatic nitrogens is 3. The SMILES string of the molecule is COc1ccccc1NC(=O)[C@@H](C)Sc1nnc(-c2c[nH]c3ccccc23)o1. The van der Waals surface area contributed by atoms with E-state index in [0.717, 1.165) is 16.5 Å². The quantitative estimate of drug-likeness (QED) is 0.473. The Balaban J connectivity index is 1.47. The van der Waals surface area contributed by atoms with Gasteiger partial charge in [0.05, 0.1) is 23.6 Å². The summed E-state index contributed by atoms with van der Waals surface area (Å²) in [5.74, 6) is 0.839. The number of hydrogen-bond acceptors (Lipinski definition) is 6. The van der Waals surface area contributed by atoms with E-state index in [2.05, 4.69) is 20.5 Å². The number of nitrogens with zero attached hydrogens (tertiary/aromatic N) is 2. The van der Waals surface area contributed by atoms with Gasteiger partial charge in [0, 0.05) is 17.1 Å². The third kappa shape index (κ3) is 3.59. The molecule has 28 heavy (non-hydrogen) atoms. The molecule has 0 radical (unpaired) electrons. The number of nitrogens with one attached hydrogen (secondary N) is 2. The van der Waals surface area contributed by atoms with E-state index in [9.17, 15) is 4.79 Å². The minimum absolute atomic E-state index is 0.179. The normalized spacial score (nSPS) is 12.1. The number of anilines is 1. The molecule has 0 saturated heterocycles. The van der Waals surface area contributed by atoms with Crippen molar-refractivity contribution in [1.82, 2.24) is 15.2 Å². The first kappa shape index (κ1) is 18.1. The highest BCUT2D eigenvalue weighted by Crippen LogP contribution is 2.31. The summed E-state index contributed by atoms with van der Waals surface area (Å²) in [6.07, 6.45) is 1.84. The van der Waals surface area contributed by atoms with Crippen LogP contribution in [0.25, 0.3) is 22.4 Å². The summed E-state index contributed by atoms with van der Waals surface area (Å²) in [4.78, 5) is 15.7. The number of methoxy groups -OCH3 is 1. The fraction of sp³-hybridized carbons (Fsp3) is 0.150. The Labute approximate surface area is 165 Å². The highest BCUT2D eigenvalue weighted by molar-refractivity contribution is 8.00. The van der Waals surface area contributed by atoms with Crippen LogP contribution in [0.15, 0.2) is 64.4 Å². The molecule has 8 heteroatoms. The van der Waals surface area contributed by atoms with Gasteiger partial charge >= 0.3 is 0 Å². The van der Waals surface area contributed by atoms with Crippen molar-refractivity contribution in [3.05, 3.63) is 54.7 Å². The van der Waals surface area contributed by atoms with Crippen LogP contribution in [0.3, 0.4) is 0 Å². The van der Waals surface area contributed by atoms with Gasteiger partial charge in [0.15, 0.2) is 0 Å². The lowest BCUT2D eigenvalue weighted by Crippen LogP contribution is -2.22. The number of amides is 1. The lowest BCUT2D eigenvalue weighted by atomic mass is 10.2. The lowest BCUT2D eigenvalue weighted by molar-refractivity contribution is -0.115. The van der Waals surface area contributed by atoms with Gasteiger partial charge in [-0.25, -0.2) is 0 Å². The van der Waals surface area contributed by atoms with Crippen LogP contribution in [0, 0.1) is 0 Å². The molecule has 0 saturated carbocycles. The molecule has 1 atom stereocenters. The molecule has 0 aliphatic heterocycles. The maximum absolute atomic E-state index is 12.5. The largest absolute Gasteiger partial charge is 0.495 e. The van der Waals surface area contributed by atoms with Crippen molar-refractivity contribution in [2.24, 2.45) is 0 Å².